The number of rotatable bonds is 7. The minimum absolute atomic E-state index is 0.0515. The van der Waals surface area contributed by atoms with Crippen LogP contribution in [0.5, 0.6) is 5.75 Å². The fraction of sp³-hybridized carbons (Fsp3) is 0.500. The maximum Gasteiger partial charge on any atom is 0.573 e. The maximum absolute atomic E-state index is 12.3. The molecule has 118 valence electrons. The van der Waals surface area contributed by atoms with Crippen LogP contribution in [0.3, 0.4) is 0 Å². The molecule has 1 amide bonds. The summed E-state index contributed by atoms with van der Waals surface area (Å²) in [6.07, 6.45) is -3.89. The number of benzene rings is 1. The smallest absolute Gasteiger partial charge is 0.406 e. The summed E-state index contributed by atoms with van der Waals surface area (Å²) < 4.78 is 41.0. The van der Waals surface area contributed by atoms with Crippen LogP contribution in [0, 0.1) is 5.92 Å². The summed E-state index contributed by atoms with van der Waals surface area (Å²) in [5.41, 5.74) is 5.85. The predicted octanol–water partition coefficient (Wildman–Crippen LogP) is 2.23. The van der Waals surface area contributed by atoms with E-state index in [1.807, 2.05) is 6.92 Å². The monoisotopic (exact) mass is 304 g/mol. The molecule has 0 fully saturated rings. The highest BCUT2D eigenvalue weighted by Crippen LogP contribution is 2.27. The lowest BCUT2D eigenvalue weighted by Gasteiger charge is -2.17. The van der Waals surface area contributed by atoms with Crippen LogP contribution in [-0.4, -0.2) is 25.4 Å². The lowest BCUT2D eigenvalue weighted by molar-refractivity contribution is -0.274. The SMILES string of the molecule is CCCNC(=O)C(CN)Cc1ccccc1OC(F)(F)F. The number of carbonyl (C=O) groups excluding carboxylic acids is 1. The van der Waals surface area contributed by atoms with Gasteiger partial charge >= 0.3 is 6.36 Å². The zero-order valence-electron chi connectivity index (χ0n) is 11.7. The normalized spacial score (nSPS) is 12.8. The van der Waals surface area contributed by atoms with Crippen LogP contribution in [0.25, 0.3) is 0 Å². The highest BCUT2D eigenvalue weighted by atomic mass is 19.4. The first-order valence-electron chi connectivity index (χ1n) is 6.68. The summed E-state index contributed by atoms with van der Waals surface area (Å²) in [6.45, 7) is 2.47. The van der Waals surface area contributed by atoms with Gasteiger partial charge in [0, 0.05) is 13.1 Å². The fourth-order valence-corrected chi connectivity index (χ4v) is 1.84. The topological polar surface area (TPSA) is 64.4 Å². The number of amides is 1. The molecule has 0 bridgehead atoms. The largest absolute Gasteiger partial charge is 0.573 e. The molecule has 0 aromatic heterocycles. The molecule has 1 unspecified atom stereocenters. The van der Waals surface area contributed by atoms with Gasteiger partial charge in [-0.15, -0.1) is 13.2 Å². The van der Waals surface area contributed by atoms with E-state index < -0.39 is 12.3 Å². The molecule has 4 nitrogen and oxygen atoms in total. The molecule has 0 saturated carbocycles. The van der Waals surface area contributed by atoms with Gasteiger partial charge in [-0.2, -0.15) is 0 Å². The number of carbonyl (C=O) groups is 1. The van der Waals surface area contributed by atoms with Crippen LogP contribution in [0.2, 0.25) is 0 Å². The molecule has 0 aliphatic carbocycles. The van der Waals surface area contributed by atoms with Crippen molar-refractivity contribution >= 4 is 5.91 Å². The molecule has 0 spiro atoms. The molecule has 0 radical (unpaired) electrons. The van der Waals surface area contributed by atoms with Gasteiger partial charge in [-0.1, -0.05) is 25.1 Å². The lowest BCUT2D eigenvalue weighted by atomic mass is 9.98. The minimum Gasteiger partial charge on any atom is -0.406 e. The number of hydrogen-bond acceptors (Lipinski definition) is 3. The average Bonchev–Trinajstić information content (AvgIpc) is 2.42. The molecule has 0 aliphatic rings. The Hall–Kier alpha value is -1.76. The third-order valence-electron chi connectivity index (χ3n) is 2.87. The number of alkyl halides is 3. The van der Waals surface area contributed by atoms with Crippen LogP contribution >= 0.6 is 0 Å². The zero-order chi connectivity index (χ0) is 15.9. The van der Waals surface area contributed by atoms with Gasteiger partial charge < -0.3 is 15.8 Å². The number of nitrogens with two attached hydrogens (primary N) is 1. The predicted molar refractivity (Wildman–Crippen MR) is 72.7 cm³/mol. The Morgan fingerprint density at radius 3 is 2.62 bits per heavy atom. The molecule has 1 aromatic rings. The quantitative estimate of drug-likeness (QED) is 0.812. The fourth-order valence-electron chi connectivity index (χ4n) is 1.84. The zero-order valence-corrected chi connectivity index (χ0v) is 11.7. The Kier molecular flexibility index (Phi) is 6.48. The number of nitrogens with one attached hydrogen (secondary N) is 1. The summed E-state index contributed by atoms with van der Waals surface area (Å²) in [4.78, 5) is 11.9. The number of para-hydroxylation sites is 1. The van der Waals surface area contributed by atoms with Gasteiger partial charge in [-0.05, 0) is 24.5 Å². The Morgan fingerprint density at radius 1 is 1.38 bits per heavy atom. The second-order valence-corrected chi connectivity index (χ2v) is 4.58. The van der Waals surface area contributed by atoms with E-state index in [9.17, 15) is 18.0 Å². The molecule has 1 aromatic carbocycles. The number of halogens is 3. The first-order valence-corrected chi connectivity index (χ1v) is 6.68. The van der Waals surface area contributed by atoms with E-state index >= 15 is 0 Å². The summed E-state index contributed by atoms with van der Waals surface area (Å²) in [5.74, 6) is -1.15. The van der Waals surface area contributed by atoms with E-state index in [0.717, 1.165) is 6.42 Å². The van der Waals surface area contributed by atoms with Crippen molar-refractivity contribution in [3.63, 3.8) is 0 Å². The molecule has 21 heavy (non-hydrogen) atoms. The Labute approximate surface area is 121 Å². The minimum atomic E-state index is -4.77. The van der Waals surface area contributed by atoms with Gasteiger partial charge in [0.25, 0.3) is 0 Å². The number of hydrogen-bond donors (Lipinski definition) is 2. The van der Waals surface area contributed by atoms with E-state index in [4.69, 9.17) is 5.73 Å². The van der Waals surface area contributed by atoms with E-state index in [1.54, 1.807) is 6.07 Å². The van der Waals surface area contributed by atoms with Crippen LogP contribution in [0.4, 0.5) is 13.2 Å². The second-order valence-electron chi connectivity index (χ2n) is 4.58. The van der Waals surface area contributed by atoms with Crippen molar-refractivity contribution < 1.29 is 22.7 Å². The van der Waals surface area contributed by atoms with Gasteiger partial charge in [0.2, 0.25) is 5.91 Å². The van der Waals surface area contributed by atoms with E-state index in [1.165, 1.54) is 18.2 Å². The van der Waals surface area contributed by atoms with Crippen molar-refractivity contribution in [3.05, 3.63) is 29.8 Å². The molecule has 3 N–H and O–H groups in total. The van der Waals surface area contributed by atoms with Crippen molar-refractivity contribution in [3.8, 4) is 5.75 Å². The molecular formula is C14H19F3N2O2. The Bertz CT molecular complexity index is 464. The van der Waals surface area contributed by atoms with E-state index in [-0.39, 0.29) is 24.6 Å². The summed E-state index contributed by atoms with van der Waals surface area (Å²) in [6, 6.07) is 5.76. The molecule has 1 rings (SSSR count). The highest BCUT2D eigenvalue weighted by molar-refractivity contribution is 5.79. The molecule has 7 heteroatoms. The summed E-state index contributed by atoms with van der Waals surface area (Å²) in [7, 11) is 0. The van der Waals surface area contributed by atoms with Gasteiger partial charge in [0.15, 0.2) is 0 Å². The maximum atomic E-state index is 12.3. The van der Waals surface area contributed by atoms with Gasteiger partial charge in [-0.25, -0.2) is 0 Å². The third kappa shape index (κ3) is 6.03. The van der Waals surface area contributed by atoms with Crippen molar-refractivity contribution in [2.24, 2.45) is 11.7 Å². The standard InChI is InChI=1S/C14H19F3N2O2/c1-2-7-19-13(20)11(9-18)8-10-5-3-4-6-12(10)21-14(15,16)17/h3-6,11H,2,7-9,18H2,1H3,(H,19,20). The van der Waals surface area contributed by atoms with Gasteiger partial charge in [-0.3, -0.25) is 4.79 Å². The van der Waals surface area contributed by atoms with Crippen molar-refractivity contribution in [2.45, 2.75) is 26.1 Å². The van der Waals surface area contributed by atoms with Gasteiger partial charge in [0.1, 0.15) is 5.75 Å². The third-order valence-corrected chi connectivity index (χ3v) is 2.87. The first-order chi connectivity index (χ1) is 9.87. The highest BCUT2D eigenvalue weighted by Gasteiger charge is 2.32. The molecule has 1 atom stereocenters. The van der Waals surface area contributed by atoms with Crippen molar-refractivity contribution in [1.29, 1.82) is 0 Å². The molecule has 0 heterocycles. The Morgan fingerprint density at radius 2 is 2.05 bits per heavy atom. The summed E-state index contributed by atoms with van der Waals surface area (Å²) >= 11 is 0. The molecule has 0 saturated heterocycles. The second kappa shape index (κ2) is 7.87. The average molecular weight is 304 g/mol. The Balaban J connectivity index is 2.82. The summed E-state index contributed by atoms with van der Waals surface area (Å²) in [5, 5.41) is 2.69. The van der Waals surface area contributed by atoms with E-state index in [2.05, 4.69) is 10.1 Å². The van der Waals surface area contributed by atoms with Gasteiger partial charge in [0.05, 0.1) is 5.92 Å². The van der Waals surface area contributed by atoms with Crippen molar-refractivity contribution in [2.75, 3.05) is 13.1 Å². The van der Waals surface area contributed by atoms with Crippen molar-refractivity contribution in [1.82, 2.24) is 5.32 Å². The molecular weight excluding hydrogens is 285 g/mol. The number of ether oxygens (including phenoxy) is 1. The van der Waals surface area contributed by atoms with Crippen LogP contribution in [0.15, 0.2) is 24.3 Å². The lowest BCUT2D eigenvalue weighted by Crippen LogP contribution is -2.36. The van der Waals surface area contributed by atoms with Crippen LogP contribution in [0.1, 0.15) is 18.9 Å². The van der Waals surface area contributed by atoms with Crippen LogP contribution in [-0.2, 0) is 11.2 Å². The first kappa shape index (κ1) is 17.3. The van der Waals surface area contributed by atoms with E-state index in [0.29, 0.717) is 12.1 Å². The van der Waals surface area contributed by atoms with Crippen LogP contribution < -0.4 is 15.8 Å². The molecule has 0 aliphatic heterocycles.